The first kappa shape index (κ1) is 11.5. The number of aromatic hydroxyl groups is 1. The summed E-state index contributed by atoms with van der Waals surface area (Å²) in [6.07, 6.45) is 0.976. The summed E-state index contributed by atoms with van der Waals surface area (Å²) in [4.78, 5) is 11.4. The van der Waals surface area contributed by atoms with Crippen LogP contribution in [0, 0.1) is 0 Å². The molecule has 0 saturated heterocycles. The third kappa shape index (κ3) is 3.99. The molecule has 1 rings (SSSR count). The number of carbonyl (C=O) groups is 1. The van der Waals surface area contributed by atoms with Gasteiger partial charge in [-0.2, -0.15) is 0 Å². The van der Waals surface area contributed by atoms with Crippen molar-refractivity contribution in [2.24, 2.45) is 5.73 Å². The van der Waals surface area contributed by atoms with E-state index in [2.05, 4.69) is 5.32 Å². The molecule has 0 atom stereocenters. The molecule has 0 aliphatic carbocycles. The van der Waals surface area contributed by atoms with E-state index in [1.165, 1.54) is 0 Å². The van der Waals surface area contributed by atoms with Gasteiger partial charge in [-0.15, -0.1) is 0 Å². The molecule has 4 nitrogen and oxygen atoms in total. The second-order valence-electron chi connectivity index (χ2n) is 3.30. The molecule has 4 heteroatoms. The monoisotopic (exact) mass is 208 g/mol. The SMILES string of the molecule is NCCCNC(=O)Cc1ccccc1O. The van der Waals surface area contributed by atoms with Crippen LogP contribution in [0.5, 0.6) is 5.75 Å². The minimum Gasteiger partial charge on any atom is -0.508 e. The van der Waals surface area contributed by atoms with Crippen molar-refractivity contribution in [2.45, 2.75) is 12.8 Å². The maximum atomic E-state index is 11.4. The largest absolute Gasteiger partial charge is 0.508 e. The van der Waals surface area contributed by atoms with Gasteiger partial charge in [0.1, 0.15) is 5.75 Å². The number of nitrogens with two attached hydrogens (primary N) is 1. The summed E-state index contributed by atoms with van der Waals surface area (Å²) in [5.41, 5.74) is 5.94. The molecular weight excluding hydrogens is 192 g/mol. The molecule has 15 heavy (non-hydrogen) atoms. The molecule has 1 aromatic rings. The van der Waals surface area contributed by atoms with E-state index in [-0.39, 0.29) is 18.1 Å². The first-order chi connectivity index (χ1) is 7.24. The first-order valence-electron chi connectivity index (χ1n) is 4.97. The Kier molecular flexibility index (Phi) is 4.63. The standard InChI is InChI=1S/C11H16N2O2/c12-6-3-7-13-11(15)8-9-4-1-2-5-10(9)14/h1-2,4-5,14H,3,6-8,12H2,(H,13,15). The van der Waals surface area contributed by atoms with Crippen LogP contribution in [0.4, 0.5) is 0 Å². The highest BCUT2D eigenvalue weighted by Gasteiger charge is 2.05. The second kappa shape index (κ2) is 6.03. The Morgan fingerprint density at radius 3 is 2.80 bits per heavy atom. The van der Waals surface area contributed by atoms with Gasteiger partial charge in [-0.25, -0.2) is 0 Å². The van der Waals surface area contributed by atoms with Crippen LogP contribution in [-0.4, -0.2) is 24.1 Å². The lowest BCUT2D eigenvalue weighted by Gasteiger charge is -2.05. The van der Waals surface area contributed by atoms with Crippen molar-refractivity contribution in [3.8, 4) is 5.75 Å². The molecule has 1 amide bonds. The summed E-state index contributed by atoms with van der Waals surface area (Å²) < 4.78 is 0. The van der Waals surface area contributed by atoms with Crippen LogP contribution in [0.2, 0.25) is 0 Å². The van der Waals surface area contributed by atoms with Crippen molar-refractivity contribution in [2.75, 3.05) is 13.1 Å². The van der Waals surface area contributed by atoms with Crippen LogP contribution in [0.15, 0.2) is 24.3 Å². The fourth-order valence-corrected chi connectivity index (χ4v) is 1.23. The molecule has 0 fully saturated rings. The number of benzene rings is 1. The summed E-state index contributed by atoms with van der Waals surface area (Å²) >= 11 is 0. The van der Waals surface area contributed by atoms with E-state index in [0.29, 0.717) is 18.7 Å². The molecule has 82 valence electrons. The van der Waals surface area contributed by atoms with Gasteiger partial charge in [0.2, 0.25) is 5.91 Å². The highest BCUT2D eigenvalue weighted by molar-refractivity contribution is 5.79. The molecule has 0 bridgehead atoms. The van der Waals surface area contributed by atoms with Crippen molar-refractivity contribution in [3.63, 3.8) is 0 Å². The Labute approximate surface area is 89.1 Å². The molecule has 4 N–H and O–H groups in total. The van der Waals surface area contributed by atoms with Gasteiger partial charge < -0.3 is 16.2 Å². The van der Waals surface area contributed by atoms with E-state index in [1.807, 2.05) is 0 Å². The number of phenols is 1. The quantitative estimate of drug-likeness (QED) is 0.613. The van der Waals surface area contributed by atoms with E-state index in [4.69, 9.17) is 5.73 Å². The molecule has 0 aromatic heterocycles. The second-order valence-corrected chi connectivity index (χ2v) is 3.30. The predicted molar refractivity (Wildman–Crippen MR) is 58.5 cm³/mol. The number of rotatable bonds is 5. The topological polar surface area (TPSA) is 75.3 Å². The molecule has 1 aromatic carbocycles. The molecule has 0 aliphatic heterocycles. The maximum absolute atomic E-state index is 11.4. The van der Waals surface area contributed by atoms with Gasteiger partial charge in [0.05, 0.1) is 6.42 Å². The summed E-state index contributed by atoms with van der Waals surface area (Å²) in [6.45, 7) is 1.15. The third-order valence-corrected chi connectivity index (χ3v) is 2.05. The van der Waals surface area contributed by atoms with E-state index in [9.17, 15) is 9.90 Å². The molecule has 0 spiro atoms. The minimum absolute atomic E-state index is 0.0926. The van der Waals surface area contributed by atoms with Crippen molar-refractivity contribution >= 4 is 5.91 Å². The van der Waals surface area contributed by atoms with Gasteiger partial charge in [-0.05, 0) is 19.0 Å². The van der Waals surface area contributed by atoms with Crippen LogP contribution in [0.25, 0.3) is 0 Å². The van der Waals surface area contributed by atoms with E-state index >= 15 is 0 Å². The average Bonchev–Trinajstić information content (AvgIpc) is 2.22. The Hall–Kier alpha value is -1.55. The number of phenolic OH excluding ortho intramolecular Hbond substituents is 1. The number of para-hydroxylation sites is 1. The van der Waals surface area contributed by atoms with Gasteiger partial charge in [0.15, 0.2) is 0 Å². The molecule has 0 saturated carbocycles. The Morgan fingerprint density at radius 2 is 2.13 bits per heavy atom. The maximum Gasteiger partial charge on any atom is 0.224 e. The zero-order valence-electron chi connectivity index (χ0n) is 8.57. The van der Waals surface area contributed by atoms with Gasteiger partial charge in [0, 0.05) is 12.1 Å². The fraction of sp³-hybridized carbons (Fsp3) is 0.364. The lowest BCUT2D eigenvalue weighted by molar-refractivity contribution is -0.120. The summed E-state index contributed by atoms with van der Waals surface area (Å²) in [7, 11) is 0. The molecular formula is C11H16N2O2. The summed E-state index contributed by atoms with van der Waals surface area (Å²) in [5, 5.41) is 12.2. The van der Waals surface area contributed by atoms with Crippen LogP contribution < -0.4 is 11.1 Å². The average molecular weight is 208 g/mol. The van der Waals surface area contributed by atoms with Gasteiger partial charge in [0.25, 0.3) is 0 Å². The number of carbonyl (C=O) groups excluding carboxylic acids is 1. The fourth-order valence-electron chi connectivity index (χ4n) is 1.23. The normalized spacial score (nSPS) is 9.93. The van der Waals surface area contributed by atoms with Crippen LogP contribution in [0.3, 0.4) is 0 Å². The first-order valence-corrected chi connectivity index (χ1v) is 4.97. The zero-order valence-corrected chi connectivity index (χ0v) is 8.57. The van der Waals surface area contributed by atoms with Crippen molar-refractivity contribution in [3.05, 3.63) is 29.8 Å². The highest BCUT2D eigenvalue weighted by atomic mass is 16.3. The zero-order chi connectivity index (χ0) is 11.1. The van der Waals surface area contributed by atoms with Crippen LogP contribution >= 0.6 is 0 Å². The Balaban J connectivity index is 2.41. The number of hydrogen-bond acceptors (Lipinski definition) is 3. The molecule has 0 unspecified atom stereocenters. The Bertz CT molecular complexity index is 326. The number of amides is 1. The smallest absolute Gasteiger partial charge is 0.224 e. The Morgan fingerprint density at radius 1 is 1.40 bits per heavy atom. The number of hydrogen-bond donors (Lipinski definition) is 3. The molecule has 0 heterocycles. The molecule has 0 radical (unpaired) electrons. The van der Waals surface area contributed by atoms with Gasteiger partial charge in [-0.1, -0.05) is 18.2 Å². The van der Waals surface area contributed by atoms with Crippen molar-refractivity contribution in [1.82, 2.24) is 5.32 Å². The van der Waals surface area contributed by atoms with E-state index < -0.39 is 0 Å². The van der Waals surface area contributed by atoms with E-state index in [0.717, 1.165) is 6.42 Å². The van der Waals surface area contributed by atoms with Crippen molar-refractivity contribution in [1.29, 1.82) is 0 Å². The predicted octanol–water partition coefficient (Wildman–Crippen LogP) is 0.400. The van der Waals surface area contributed by atoms with Gasteiger partial charge in [-0.3, -0.25) is 4.79 Å². The minimum atomic E-state index is -0.0926. The number of nitrogens with one attached hydrogen (secondary N) is 1. The van der Waals surface area contributed by atoms with E-state index in [1.54, 1.807) is 24.3 Å². The molecule has 0 aliphatic rings. The van der Waals surface area contributed by atoms with Crippen LogP contribution in [-0.2, 0) is 11.2 Å². The van der Waals surface area contributed by atoms with Crippen molar-refractivity contribution < 1.29 is 9.90 Å². The summed E-state index contributed by atoms with van der Waals surface area (Å²) in [6, 6.07) is 6.83. The summed E-state index contributed by atoms with van der Waals surface area (Å²) in [5.74, 6) is 0.0661. The van der Waals surface area contributed by atoms with Gasteiger partial charge >= 0.3 is 0 Å². The third-order valence-electron chi connectivity index (χ3n) is 2.05. The lowest BCUT2D eigenvalue weighted by atomic mass is 10.1. The lowest BCUT2D eigenvalue weighted by Crippen LogP contribution is -2.27. The highest BCUT2D eigenvalue weighted by Crippen LogP contribution is 2.15. The van der Waals surface area contributed by atoms with Crippen LogP contribution in [0.1, 0.15) is 12.0 Å².